The van der Waals surface area contributed by atoms with Gasteiger partial charge in [0.05, 0.1) is 17.9 Å². The van der Waals surface area contributed by atoms with E-state index in [1.165, 1.54) is 0 Å². The SMILES string of the molecule is CCN(CC(=O)NCCCOC)c1ccccc1N. The van der Waals surface area contributed by atoms with Crippen molar-refractivity contribution in [2.45, 2.75) is 13.3 Å². The molecule has 5 heteroatoms. The summed E-state index contributed by atoms with van der Waals surface area (Å²) in [6.07, 6.45) is 0.821. The van der Waals surface area contributed by atoms with E-state index in [0.717, 1.165) is 18.7 Å². The van der Waals surface area contributed by atoms with Crippen molar-refractivity contribution in [3.63, 3.8) is 0 Å². The van der Waals surface area contributed by atoms with Gasteiger partial charge in [-0.2, -0.15) is 0 Å². The van der Waals surface area contributed by atoms with Crippen LogP contribution in [-0.4, -0.2) is 39.3 Å². The maximum atomic E-state index is 11.8. The number of nitrogen functional groups attached to an aromatic ring is 1. The van der Waals surface area contributed by atoms with E-state index in [0.29, 0.717) is 25.4 Å². The van der Waals surface area contributed by atoms with Crippen molar-refractivity contribution in [1.82, 2.24) is 5.32 Å². The number of hydrogen-bond acceptors (Lipinski definition) is 4. The van der Waals surface area contributed by atoms with Gasteiger partial charge in [-0.05, 0) is 25.5 Å². The molecule has 1 aromatic rings. The Bertz CT molecular complexity index is 396. The van der Waals surface area contributed by atoms with E-state index < -0.39 is 0 Å². The van der Waals surface area contributed by atoms with Crippen LogP contribution < -0.4 is 16.0 Å². The summed E-state index contributed by atoms with van der Waals surface area (Å²) in [4.78, 5) is 13.8. The molecule has 0 saturated carbocycles. The average molecular weight is 265 g/mol. The molecule has 5 nitrogen and oxygen atoms in total. The highest BCUT2D eigenvalue weighted by Gasteiger charge is 2.11. The average Bonchev–Trinajstić information content (AvgIpc) is 2.42. The molecule has 0 aromatic heterocycles. The number of methoxy groups -OCH3 is 1. The van der Waals surface area contributed by atoms with Crippen LogP contribution in [0.15, 0.2) is 24.3 Å². The van der Waals surface area contributed by atoms with Crippen molar-refractivity contribution < 1.29 is 9.53 Å². The number of amides is 1. The standard InChI is InChI=1S/C14H23N3O2/c1-3-17(13-8-5-4-7-12(13)15)11-14(18)16-9-6-10-19-2/h4-5,7-8H,3,6,9-11,15H2,1-2H3,(H,16,18). The number of nitrogens with two attached hydrogens (primary N) is 1. The lowest BCUT2D eigenvalue weighted by Crippen LogP contribution is -2.38. The first-order chi connectivity index (χ1) is 9.19. The minimum Gasteiger partial charge on any atom is -0.397 e. The Kier molecular flexibility index (Phi) is 6.74. The van der Waals surface area contributed by atoms with Crippen LogP contribution in [-0.2, 0) is 9.53 Å². The van der Waals surface area contributed by atoms with Crippen molar-refractivity contribution in [1.29, 1.82) is 0 Å². The predicted molar refractivity (Wildman–Crippen MR) is 78.2 cm³/mol. The minimum atomic E-state index is 0.00112. The summed E-state index contributed by atoms with van der Waals surface area (Å²) >= 11 is 0. The molecule has 0 aliphatic carbocycles. The zero-order valence-corrected chi connectivity index (χ0v) is 11.7. The van der Waals surface area contributed by atoms with Gasteiger partial charge in [0.1, 0.15) is 0 Å². The first-order valence-corrected chi connectivity index (χ1v) is 6.54. The number of carbonyl (C=O) groups excluding carboxylic acids is 1. The van der Waals surface area contributed by atoms with E-state index in [9.17, 15) is 4.79 Å². The first kappa shape index (κ1) is 15.3. The maximum absolute atomic E-state index is 11.8. The van der Waals surface area contributed by atoms with Crippen molar-refractivity contribution in [2.24, 2.45) is 0 Å². The molecule has 1 amide bonds. The van der Waals surface area contributed by atoms with Gasteiger partial charge >= 0.3 is 0 Å². The quantitative estimate of drug-likeness (QED) is 0.548. The fourth-order valence-electron chi connectivity index (χ4n) is 1.82. The molecule has 0 radical (unpaired) electrons. The second kappa shape index (κ2) is 8.37. The molecule has 0 fully saturated rings. The Labute approximate surface area is 114 Å². The number of nitrogens with zero attached hydrogens (tertiary/aromatic N) is 1. The van der Waals surface area contributed by atoms with Gasteiger partial charge in [0, 0.05) is 26.8 Å². The third kappa shape index (κ3) is 5.18. The number of anilines is 2. The Balaban J connectivity index is 2.48. The van der Waals surface area contributed by atoms with E-state index in [1.807, 2.05) is 36.1 Å². The molecule has 0 saturated heterocycles. The summed E-state index contributed by atoms with van der Waals surface area (Å²) in [7, 11) is 1.65. The smallest absolute Gasteiger partial charge is 0.239 e. The number of rotatable bonds is 8. The highest BCUT2D eigenvalue weighted by Crippen LogP contribution is 2.21. The van der Waals surface area contributed by atoms with Gasteiger partial charge in [-0.3, -0.25) is 4.79 Å². The Morgan fingerprint density at radius 2 is 2.16 bits per heavy atom. The van der Waals surface area contributed by atoms with Gasteiger partial charge in [-0.15, -0.1) is 0 Å². The number of likely N-dealkylation sites (N-methyl/N-ethyl adjacent to an activating group) is 1. The second-order valence-corrected chi connectivity index (χ2v) is 4.27. The molecular formula is C14H23N3O2. The fraction of sp³-hybridized carbons (Fsp3) is 0.500. The summed E-state index contributed by atoms with van der Waals surface area (Å²) in [6.45, 7) is 4.35. The molecule has 0 heterocycles. The van der Waals surface area contributed by atoms with Gasteiger partial charge in [0.2, 0.25) is 5.91 Å². The first-order valence-electron chi connectivity index (χ1n) is 6.54. The highest BCUT2D eigenvalue weighted by molar-refractivity contribution is 5.83. The monoisotopic (exact) mass is 265 g/mol. The maximum Gasteiger partial charge on any atom is 0.239 e. The molecule has 106 valence electrons. The number of ether oxygens (including phenoxy) is 1. The number of carbonyl (C=O) groups is 1. The van der Waals surface area contributed by atoms with Gasteiger partial charge in [-0.1, -0.05) is 12.1 Å². The number of hydrogen-bond donors (Lipinski definition) is 2. The van der Waals surface area contributed by atoms with Crippen LogP contribution >= 0.6 is 0 Å². The highest BCUT2D eigenvalue weighted by atomic mass is 16.5. The van der Waals surface area contributed by atoms with Crippen LogP contribution in [0, 0.1) is 0 Å². The van der Waals surface area contributed by atoms with Crippen LogP contribution in [0.2, 0.25) is 0 Å². The third-order valence-corrected chi connectivity index (χ3v) is 2.84. The topological polar surface area (TPSA) is 67.6 Å². The largest absolute Gasteiger partial charge is 0.397 e. The normalized spacial score (nSPS) is 10.2. The van der Waals surface area contributed by atoms with E-state index in [2.05, 4.69) is 5.32 Å². The molecule has 0 spiro atoms. The molecule has 3 N–H and O–H groups in total. The Morgan fingerprint density at radius 1 is 1.42 bits per heavy atom. The summed E-state index contributed by atoms with van der Waals surface area (Å²) in [6, 6.07) is 7.58. The fourth-order valence-corrected chi connectivity index (χ4v) is 1.82. The molecule has 0 aliphatic heterocycles. The van der Waals surface area contributed by atoms with Crippen molar-refractivity contribution in [3.05, 3.63) is 24.3 Å². The van der Waals surface area contributed by atoms with Gasteiger partial charge in [0.25, 0.3) is 0 Å². The zero-order valence-electron chi connectivity index (χ0n) is 11.7. The van der Waals surface area contributed by atoms with Crippen LogP contribution in [0.25, 0.3) is 0 Å². The van der Waals surface area contributed by atoms with Crippen LogP contribution in [0.5, 0.6) is 0 Å². The molecule has 0 bridgehead atoms. The van der Waals surface area contributed by atoms with Gasteiger partial charge in [0.15, 0.2) is 0 Å². The summed E-state index contributed by atoms with van der Waals surface area (Å²) in [5.41, 5.74) is 7.51. The summed E-state index contributed by atoms with van der Waals surface area (Å²) in [5, 5.41) is 2.87. The Morgan fingerprint density at radius 3 is 2.79 bits per heavy atom. The molecule has 0 aliphatic rings. The number of para-hydroxylation sites is 2. The molecule has 19 heavy (non-hydrogen) atoms. The van der Waals surface area contributed by atoms with E-state index >= 15 is 0 Å². The summed E-state index contributed by atoms with van der Waals surface area (Å²) in [5.74, 6) is 0.00112. The van der Waals surface area contributed by atoms with Crippen LogP contribution in [0.4, 0.5) is 11.4 Å². The molecule has 1 rings (SSSR count). The predicted octanol–water partition coefficient (Wildman–Crippen LogP) is 1.25. The van der Waals surface area contributed by atoms with Crippen molar-refractivity contribution in [2.75, 3.05) is 44.0 Å². The lowest BCUT2D eigenvalue weighted by molar-refractivity contribution is -0.119. The lowest BCUT2D eigenvalue weighted by atomic mass is 10.2. The number of benzene rings is 1. The third-order valence-electron chi connectivity index (χ3n) is 2.84. The van der Waals surface area contributed by atoms with Gasteiger partial charge < -0.3 is 20.7 Å². The van der Waals surface area contributed by atoms with Gasteiger partial charge in [-0.25, -0.2) is 0 Å². The minimum absolute atomic E-state index is 0.00112. The van der Waals surface area contributed by atoms with E-state index in [4.69, 9.17) is 10.5 Å². The van der Waals surface area contributed by atoms with Crippen molar-refractivity contribution >= 4 is 17.3 Å². The second-order valence-electron chi connectivity index (χ2n) is 4.27. The van der Waals surface area contributed by atoms with E-state index in [1.54, 1.807) is 7.11 Å². The number of nitrogens with one attached hydrogen (secondary N) is 1. The summed E-state index contributed by atoms with van der Waals surface area (Å²) < 4.78 is 4.93. The van der Waals surface area contributed by atoms with E-state index in [-0.39, 0.29) is 5.91 Å². The lowest BCUT2D eigenvalue weighted by Gasteiger charge is -2.23. The molecule has 1 aromatic carbocycles. The Hall–Kier alpha value is -1.75. The molecule has 0 unspecified atom stereocenters. The zero-order chi connectivity index (χ0) is 14.1. The van der Waals surface area contributed by atoms with Crippen LogP contribution in [0.1, 0.15) is 13.3 Å². The molecule has 0 atom stereocenters. The van der Waals surface area contributed by atoms with Crippen LogP contribution in [0.3, 0.4) is 0 Å². The van der Waals surface area contributed by atoms with Crippen molar-refractivity contribution in [3.8, 4) is 0 Å². The molecular weight excluding hydrogens is 242 g/mol.